The molecule has 110 valence electrons. The number of nitrogens with two attached hydrogens (primary N) is 1. The lowest BCUT2D eigenvalue weighted by Gasteiger charge is -2.29. The lowest BCUT2D eigenvalue weighted by atomic mass is 9.78. The fourth-order valence-corrected chi connectivity index (χ4v) is 3.27. The monoisotopic (exact) mass is 334 g/mol. The maximum atomic E-state index is 12.4. The number of hydrogen-bond acceptors (Lipinski definition) is 2. The fraction of sp³-hybridized carbons (Fsp3) is 0.500. The van der Waals surface area contributed by atoms with Gasteiger partial charge >= 0.3 is 0 Å². The first-order chi connectivity index (χ1) is 9.52. The Hall–Kier alpha value is -0.480. The molecule has 0 saturated heterocycles. The first kappa shape index (κ1) is 15.9. The molecule has 2 atom stereocenters. The number of halogens is 3. The molecular formula is C14H17Cl3N2O. The van der Waals surface area contributed by atoms with Crippen molar-refractivity contribution in [2.24, 2.45) is 17.6 Å². The van der Waals surface area contributed by atoms with E-state index in [0.717, 1.165) is 25.7 Å². The summed E-state index contributed by atoms with van der Waals surface area (Å²) in [5, 5.41) is 3.96. The Labute approximate surface area is 133 Å². The van der Waals surface area contributed by atoms with E-state index in [9.17, 15) is 4.79 Å². The highest BCUT2D eigenvalue weighted by Crippen LogP contribution is 2.34. The van der Waals surface area contributed by atoms with Crippen LogP contribution in [-0.2, 0) is 4.79 Å². The molecule has 1 fully saturated rings. The van der Waals surface area contributed by atoms with Gasteiger partial charge in [0.05, 0.1) is 20.8 Å². The summed E-state index contributed by atoms with van der Waals surface area (Å²) in [4.78, 5) is 12.4. The van der Waals surface area contributed by atoms with E-state index in [1.807, 2.05) is 0 Å². The Morgan fingerprint density at radius 3 is 2.50 bits per heavy atom. The minimum atomic E-state index is -0.0562. The number of nitrogens with one attached hydrogen (secondary N) is 1. The van der Waals surface area contributed by atoms with Gasteiger partial charge in [-0.15, -0.1) is 0 Å². The van der Waals surface area contributed by atoms with Crippen LogP contribution in [0.3, 0.4) is 0 Å². The molecule has 0 bridgehead atoms. The van der Waals surface area contributed by atoms with Gasteiger partial charge in [-0.3, -0.25) is 4.79 Å². The molecule has 2 rings (SSSR count). The summed E-state index contributed by atoms with van der Waals surface area (Å²) in [6, 6.07) is 3.10. The lowest BCUT2D eigenvalue weighted by molar-refractivity contribution is -0.122. The Morgan fingerprint density at radius 2 is 1.80 bits per heavy atom. The summed E-state index contributed by atoms with van der Waals surface area (Å²) in [7, 11) is 0. The van der Waals surface area contributed by atoms with Gasteiger partial charge in [-0.25, -0.2) is 0 Å². The summed E-state index contributed by atoms with van der Waals surface area (Å²) in [5.41, 5.74) is 6.25. The van der Waals surface area contributed by atoms with Crippen LogP contribution in [0, 0.1) is 11.8 Å². The van der Waals surface area contributed by atoms with Crippen LogP contribution in [0.4, 0.5) is 5.69 Å². The number of hydrogen-bond donors (Lipinski definition) is 2. The van der Waals surface area contributed by atoms with Crippen molar-refractivity contribution in [1.29, 1.82) is 0 Å². The predicted octanol–water partition coefficient (Wildman–Crippen LogP) is 4.35. The highest BCUT2D eigenvalue weighted by molar-refractivity contribution is 6.44. The van der Waals surface area contributed by atoms with Crippen LogP contribution >= 0.6 is 34.8 Å². The van der Waals surface area contributed by atoms with Gasteiger partial charge in [0.15, 0.2) is 0 Å². The van der Waals surface area contributed by atoms with Crippen LogP contribution in [-0.4, -0.2) is 12.5 Å². The van der Waals surface area contributed by atoms with E-state index in [4.69, 9.17) is 40.5 Å². The van der Waals surface area contributed by atoms with Crippen LogP contribution in [0.25, 0.3) is 0 Å². The molecule has 1 saturated carbocycles. The van der Waals surface area contributed by atoms with E-state index >= 15 is 0 Å². The number of carbonyl (C=O) groups excluding carboxylic acids is 1. The van der Waals surface area contributed by atoms with E-state index < -0.39 is 0 Å². The summed E-state index contributed by atoms with van der Waals surface area (Å²) >= 11 is 17.9. The summed E-state index contributed by atoms with van der Waals surface area (Å²) < 4.78 is 0. The quantitative estimate of drug-likeness (QED) is 0.807. The number of amides is 1. The first-order valence-electron chi connectivity index (χ1n) is 6.68. The molecule has 2 unspecified atom stereocenters. The van der Waals surface area contributed by atoms with E-state index in [1.54, 1.807) is 6.07 Å². The third kappa shape index (κ3) is 3.59. The first-order valence-corrected chi connectivity index (χ1v) is 7.81. The molecule has 1 aliphatic rings. The second-order valence-electron chi connectivity index (χ2n) is 5.12. The molecular weight excluding hydrogens is 319 g/mol. The average Bonchev–Trinajstić information content (AvgIpc) is 2.44. The Bertz CT molecular complexity index is 507. The van der Waals surface area contributed by atoms with Crippen molar-refractivity contribution in [3.8, 4) is 0 Å². The van der Waals surface area contributed by atoms with Gasteiger partial charge in [0.2, 0.25) is 5.91 Å². The molecule has 1 aliphatic carbocycles. The standard InChI is InChI=1S/C14H17Cl3N2O/c15-10-5-12(17)13(6-11(10)16)19-14(20)9-4-2-1-3-8(9)7-18/h5-6,8-9H,1-4,7,18H2,(H,19,20). The van der Waals surface area contributed by atoms with E-state index in [2.05, 4.69) is 5.32 Å². The van der Waals surface area contributed by atoms with E-state index in [1.165, 1.54) is 6.07 Å². The van der Waals surface area contributed by atoms with Crippen molar-refractivity contribution in [3.05, 3.63) is 27.2 Å². The third-order valence-corrected chi connectivity index (χ3v) is 4.85. The van der Waals surface area contributed by atoms with Gasteiger partial charge in [0, 0.05) is 5.92 Å². The maximum absolute atomic E-state index is 12.4. The molecule has 3 N–H and O–H groups in total. The van der Waals surface area contributed by atoms with Gasteiger partial charge in [-0.2, -0.15) is 0 Å². The molecule has 0 radical (unpaired) electrons. The molecule has 3 nitrogen and oxygen atoms in total. The van der Waals surface area contributed by atoms with Crippen LogP contribution in [0.15, 0.2) is 12.1 Å². The van der Waals surface area contributed by atoms with Crippen molar-refractivity contribution < 1.29 is 4.79 Å². The second-order valence-corrected chi connectivity index (χ2v) is 6.34. The van der Waals surface area contributed by atoms with Crippen molar-refractivity contribution in [3.63, 3.8) is 0 Å². The molecule has 1 amide bonds. The maximum Gasteiger partial charge on any atom is 0.227 e. The van der Waals surface area contributed by atoms with Gasteiger partial charge in [-0.05, 0) is 37.4 Å². The molecule has 1 aromatic carbocycles. The van der Waals surface area contributed by atoms with Crippen LogP contribution in [0.5, 0.6) is 0 Å². The number of anilines is 1. The molecule has 0 heterocycles. The van der Waals surface area contributed by atoms with Crippen molar-refractivity contribution in [1.82, 2.24) is 0 Å². The summed E-state index contributed by atoms with van der Waals surface area (Å²) in [6.07, 6.45) is 4.07. The highest BCUT2D eigenvalue weighted by atomic mass is 35.5. The molecule has 6 heteroatoms. The minimum Gasteiger partial charge on any atom is -0.330 e. The van der Waals surface area contributed by atoms with Crippen molar-refractivity contribution in [2.45, 2.75) is 25.7 Å². The number of benzene rings is 1. The zero-order chi connectivity index (χ0) is 14.7. The Balaban J connectivity index is 2.13. The topological polar surface area (TPSA) is 55.1 Å². The zero-order valence-electron chi connectivity index (χ0n) is 11.0. The minimum absolute atomic E-state index is 0.0413. The largest absolute Gasteiger partial charge is 0.330 e. The van der Waals surface area contributed by atoms with E-state index in [-0.39, 0.29) is 17.7 Å². The fourth-order valence-electron chi connectivity index (χ4n) is 2.68. The zero-order valence-corrected chi connectivity index (χ0v) is 13.2. The second kappa shape index (κ2) is 6.99. The molecule has 0 aliphatic heterocycles. The van der Waals surface area contributed by atoms with Crippen LogP contribution in [0.2, 0.25) is 15.1 Å². The highest BCUT2D eigenvalue weighted by Gasteiger charge is 2.30. The Morgan fingerprint density at radius 1 is 1.15 bits per heavy atom. The van der Waals surface area contributed by atoms with Crippen LogP contribution < -0.4 is 11.1 Å². The molecule has 0 aromatic heterocycles. The van der Waals surface area contributed by atoms with Crippen LogP contribution in [0.1, 0.15) is 25.7 Å². The molecule has 0 spiro atoms. The predicted molar refractivity (Wildman–Crippen MR) is 84.6 cm³/mol. The van der Waals surface area contributed by atoms with Gasteiger partial charge in [-0.1, -0.05) is 47.6 Å². The van der Waals surface area contributed by atoms with Gasteiger partial charge in [0.1, 0.15) is 0 Å². The number of rotatable bonds is 3. The SMILES string of the molecule is NCC1CCCCC1C(=O)Nc1cc(Cl)c(Cl)cc1Cl. The van der Waals surface area contributed by atoms with Gasteiger partial charge in [0.25, 0.3) is 0 Å². The third-order valence-electron chi connectivity index (χ3n) is 3.82. The van der Waals surface area contributed by atoms with E-state index in [0.29, 0.717) is 27.3 Å². The summed E-state index contributed by atoms with van der Waals surface area (Å²) in [5.74, 6) is 0.144. The normalized spacial score (nSPS) is 22.6. The van der Waals surface area contributed by atoms with Crippen molar-refractivity contribution in [2.75, 3.05) is 11.9 Å². The molecule has 1 aromatic rings. The molecule has 20 heavy (non-hydrogen) atoms. The average molecular weight is 336 g/mol. The van der Waals surface area contributed by atoms with Gasteiger partial charge < -0.3 is 11.1 Å². The Kier molecular flexibility index (Phi) is 5.56. The van der Waals surface area contributed by atoms with Crippen molar-refractivity contribution >= 4 is 46.4 Å². The smallest absolute Gasteiger partial charge is 0.227 e. The lowest BCUT2D eigenvalue weighted by Crippen LogP contribution is -2.35. The number of carbonyl (C=O) groups is 1. The summed E-state index contributed by atoms with van der Waals surface area (Å²) in [6.45, 7) is 0.535.